The van der Waals surface area contributed by atoms with Crippen LogP contribution >= 0.6 is 0 Å². The zero-order valence-corrected chi connectivity index (χ0v) is 15.7. The molecule has 0 radical (unpaired) electrons. The summed E-state index contributed by atoms with van der Waals surface area (Å²) in [4.78, 5) is 26.2. The van der Waals surface area contributed by atoms with E-state index in [0.717, 1.165) is 5.69 Å². The second kappa shape index (κ2) is 8.57. The Bertz CT molecular complexity index is 905. The number of rotatable bonds is 8. The van der Waals surface area contributed by atoms with Crippen LogP contribution < -0.4 is 10.1 Å². The highest BCUT2D eigenvalue weighted by Gasteiger charge is 2.34. The Morgan fingerprint density at radius 3 is 2.79 bits per heavy atom. The molecule has 2 N–H and O–H groups in total. The van der Waals surface area contributed by atoms with Crippen molar-refractivity contribution < 1.29 is 24.2 Å². The van der Waals surface area contributed by atoms with Crippen molar-refractivity contribution in [1.82, 2.24) is 14.7 Å². The summed E-state index contributed by atoms with van der Waals surface area (Å²) in [5.74, 6) is -0.450. The third-order valence-electron chi connectivity index (χ3n) is 4.40. The smallest absolute Gasteiger partial charge is 0.337 e. The van der Waals surface area contributed by atoms with E-state index in [9.17, 15) is 9.59 Å². The molecule has 1 aliphatic heterocycles. The van der Waals surface area contributed by atoms with Crippen LogP contribution in [0.4, 0.5) is 5.69 Å². The number of esters is 1. The van der Waals surface area contributed by atoms with E-state index < -0.39 is 5.97 Å². The molecule has 0 spiro atoms. The molecule has 0 saturated heterocycles. The summed E-state index contributed by atoms with van der Waals surface area (Å²) in [7, 11) is 3.08. The maximum Gasteiger partial charge on any atom is 0.337 e. The molecule has 1 aliphatic rings. The first kappa shape index (κ1) is 19.4. The van der Waals surface area contributed by atoms with Crippen LogP contribution in [0, 0.1) is 0 Å². The number of nitrogens with one attached hydrogen (secondary N) is 1. The third kappa shape index (κ3) is 3.99. The SMILES string of the molecule is COC(=O)C1=C(Nc2ccccc2OCc2ccnn2C)C(=O)N(CCO)C1. The minimum absolute atomic E-state index is 0.0758. The quantitative estimate of drug-likeness (QED) is 0.643. The van der Waals surface area contributed by atoms with Crippen LogP contribution in [0.15, 0.2) is 47.8 Å². The number of hydrogen-bond acceptors (Lipinski definition) is 7. The molecular formula is C19H22N4O5. The Hall–Kier alpha value is -3.33. The Labute approximate surface area is 162 Å². The molecule has 2 aromatic rings. The number of nitrogens with zero attached hydrogens (tertiary/aromatic N) is 3. The van der Waals surface area contributed by atoms with Gasteiger partial charge in [-0.05, 0) is 18.2 Å². The number of aliphatic hydroxyl groups excluding tert-OH is 1. The van der Waals surface area contributed by atoms with Crippen LogP contribution in [0.5, 0.6) is 5.75 Å². The number of hydrogen-bond donors (Lipinski definition) is 2. The molecule has 1 amide bonds. The first-order valence-electron chi connectivity index (χ1n) is 8.72. The van der Waals surface area contributed by atoms with Crippen molar-refractivity contribution in [3.05, 3.63) is 53.5 Å². The van der Waals surface area contributed by atoms with E-state index in [4.69, 9.17) is 14.6 Å². The Morgan fingerprint density at radius 1 is 1.32 bits per heavy atom. The van der Waals surface area contributed by atoms with E-state index in [1.165, 1.54) is 12.0 Å². The van der Waals surface area contributed by atoms with E-state index >= 15 is 0 Å². The van der Waals surface area contributed by atoms with Crippen molar-refractivity contribution in [3.63, 3.8) is 0 Å². The topological polar surface area (TPSA) is 106 Å². The molecule has 9 heteroatoms. The number of benzene rings is 1. The summed E-state index contributed by atoms with van der Waals surface area (Å²) >= 11 is 0. The average Bonchev–Trinajstić information content (AvgIpc) is 3.25. The van der Waals surface area contributed by atoms with Crippen LogP contribution in [0.25, 0.3) is 0 Å². The molecule has 28 heavy (non-hydrogen) atoms. The number of ether oxygens (including phenoxy) is 2. The van der Waals surface area contributed by atoms with Crippen molar-refractivity contribution >= 4 is 17.6 Å². The number of carbonyl (C=O) groups excluding carboxylic acids is 2. The standard InChI is InChI=1S/C19H22N4O5/c1-22-13(7-8-20-22)12-28-16-6-4-3-5-15(16)21-17-14(19(26)27-2)11-23(9-10-24)18(17)25/h3-8,21,24H,9-12H2,1-2H3. The van der Waals surface area contributed by atoms with Crippen molar-refractivity contribution in [2.45, 2.75) is 6.61 Å². The van der Waals surface area contributed by atoms with Crippen LogP contribution in [0.3, 0.4) is 0 Å². The molecular weight excluding hydrogens is 364 g/mol. The van der Waals surface area contributed by atoms with Crippen molar-refractivity contribution in [2.75, 3.05) is 32.1 Å². The zero-order chi connectivity index (χ0) is 20.1. The van der Waals surface area contributed by atoms with Gasteiger partial charge in [0.1, 0.15) is 18.1 Å². The molecule has 3 rings (SSSR count). The molecule has 1 aromatic carbocycles. The molecule has 9 nitrogen and oxygen atoms in total. The van der Waals surface area contributed by atoms with Crippen molar-refractivity contribution in [3.8, 4) is 5.75 Å². The number of aromatic nitrogens is 2. The van der Waals surface area contributed by atoms with Gasteiger partial charge < -0.3 is 24.8 Å². The van der Waals surface area contributed by atoms with E-state index in [0.29, 0.717) is 18.0 Å². The van der Waals surface area contributed by atoms with Gasteiger partial charge >= 0.3 is 5.97 Å². The van der Waals surface area contributed by atoms with Crippen LogP contribution in [0.1, 0.15) is 5.69 Å². The largest absolute Gasteiger partial charge is 0.485 e. The van der Waals surface area contributed by atoms with Gasteiger partial charge in [0.25, 0.3) is 5.91 Å². The maximum atomic E-state index is 12.7. The van der Waals surface area contributed by atoms with Gasteiger partial charge in [0.05, 0.1) is 37.2 Å². The summed E-state index contributed by atoms with van der Waals surface area (Å²) < 4.78 is 12.4. The number of β-amino-alcohol motifs (C(OH)–C–C–N with tert-alkyl or cyclic N) is 1. The molecule has 2 heterocycles. The van der Waals surface area contributed by atoms with E-state index in [-0.39, 0.29) is 36.9 Å². The van der Waals surface area contributed by atoms with Gasteiger partial charge in [-0.25, -0.2) is 4.79 Å². The number of amides is 1. The van der Waals surface area contributed by atoms with Gasteiger partial charge in [-0.3, -0.25) is 9.48 Å². The number of anilines is 1. The number of carbonyl (C=O) groups is 2. The Balaban J connectivity index is 1.84. The monoisotopic (exact) mass is 386 g/mol. The van der Waals surface area contributed by atoms with Gasteiger partial charge in [-0.15, -0.1) is 0 Å². The van der Waals surface area contributed by atoms with Gasteiger partial charge in [-0.1, -0.05) is 12.1 Å². The molecule has 1 aromatic heterocycles. The number of methoxy groups -OCH3 is 1. The fourth-order valence-electron chi connectivity index (χ4n) is 2.87. The Kier molecular flexibility index (Phi) is 5.95. The van der Waals surface area contributed by atoms with E-state index in [1.807, 2.05) is 19.2 Å². The Morgan fingerprint density at radius 2 is 2.11 bits per heavy atom. The second-order valence-corrected chi connectivity index (χ2v) is 6.15. The normalized spacial score (nSPS) is 13.8. The highest BCUT2D eigenvalue weighted by atomic mass is 16.5. The van der Waals surface area contributed by atoms with Crippen LogP contribution in [0.2, 0.25) is 0 Å². The van der Waals surface area contributed by atoms with Crippen molar-refractivity contribution in [2.24, 2.45) is 7.05 Å². The van der Waals surface area contributed by atoms with Gasteiger partial charge in [0.2, 0.25) is 0 Å². The summed E-state index contributed by atoms with van der Waals surface area (Å²) in [6.45, 7) is 0.302. The molecule has 0 atom stereocenters. The van der Waals surface area contributed by atoms with Crippen LogP contribution in [-0.2, 0) is 28.0 Å². The molecule has 0 bridgehead atoms. The predicted molar refractivity (Wildman–Crippen MR) is 100 cm³/mol. The lowest BCUT2D eigenvalue weighted by Gasteiger charge is -2.16. The molecule has 0 saturated carbocycles. The summed E-state index contributed by atoms with van der Waals surface area (Å²) in [5.41, 5.74) is 1.76. The van der Waals surface area contributed by atoms with Crippen LogP contribution in [-0.4, -0.2) is 58.5 Å². The summed E-state index contributed by atoms with van der Waals surface area (Å²) in [5, 5.41) is 16.3. The van der Waals surface area contributed by atoms with Gasteiger partial charge in [-0.2, -0.15) is 5.10 Å². The zero-order valence-electron chi connectivity index (χ0n) is 15.7. The lowest BCUT2D eigenvalue weighted by Crippen LogP contribution is -2.31. The van der Waals surface area contributed by atoms with E-state index in [1.54, 1.807) is 29.1 Å². The maximum absolute atomic E-state index is 12.7. The number of para-hydroxylation sites is 2. The minimum atomic E-state index is -0.593. The third-order valence-corrected chi connectivity index (χ3v) is 4.40. The highest BCUT2D eigenvalue weighted by Crippen LogP contribution is 2.29. The fraction of sp³-hybridized carbons (Fsp3) is 0.316. The van der Waals surface area contributed by atoms with Crippen molar-refractivity contribution in [1.29, 1.82) is 0 Å². The lowest BCUT2D eigenvalue weighted by atomic mass is 10.2. The first-order valence-corrected chi connectivity index (χ1v) is 8.72. The molecule has 0 fully saturated rings. The minimum Gasteiger partial charge on any atom is -0.485 e. The molecule has 0 aliphatic carbocycles. The average molecular weight is 386 g/mol. The summed E-state index contributed by atoms with van der Waals surface area (Å²) in [6.07, 6.45) is 1.68. The highest BCUT2D eigenvalue weighted by molar-refractivity contribution is 6.08. The number of aryl methyl sites for hydroxylation is 1. The number of aliphatic hydroxyl groups is 1. The van der Waals surface area contributed by atoms with Gasteiger partial charge in [0.15, 0.2) is 0 Å². The van der Waals surface area contributed by atoms with Gasteiger partial charge in [0, 0.05) is 19.8 Å². The van der Waals surface area contributed by atoms with E-state index in [2.05, 4.69) is 10.4 Å². The lowest BCUT2D eigenvalue weighted by molar-refractivity contribution is -0.136. The summed E-state index contributed by atoms with van der Waals surface area (Å²) in [6, 6.07) is 8.97. The predicted octanol–water partition coefficient (Wildman–Crippen LogP) is 0.673. The molecule has 148 valence electrons. The fourth-order valence-corrected chi connectivity index (χ4v) is 2.87. The first-order chi connectivity index (χ1) is 13.5. The second-order valence-electron chi connectivity index (χ2n) is 6.15. The molecule has 0 unspecified atom stereocenters.